The van der Waals surface area contributed by atoms with Gasteiger partial charge < -0.3 is 20.9 Å². The van der Waals surface area contributed by atoms with Crippen LogP contribution in [0.15, 0.2) is 36.4 Å². The van der Waals surface area contributed by atoms with E-state index < -0.39 is 6.10 Å². The Morgan fingerprint density at radius 1 is 1.22 bits per heavy atom. The molecule has 23 heavy (non-hydrogen) atoms. The van der Waals surface area contributed by atoms with Gasteiger partial charge in [0, 0.05) is 11.8 Å². The third-order valence-corrected chi connectivity index (χ3v) is 4.01. The zero-order valence-corrected chi connectivity index (χ0v) is 13.8. The molecule has 0 radical (unpaired) electrons. The summed E-state index contributed by atoms with van der Waals surface area (Å²) in [6.45, 7) is 0.804. The first-order valence-corrected chi connectivity index (χ1v) is 7.83. The molecule has 7 heteroatoms. The van der Waals surface area contributed by atoms with Crippen LogP contribution in [-0.2, 0) is 6.54 Å². The highest BCUT2D eigenvalue weighted by Crippen LogP contribution is 2.26. The number of nitrogens with two attached hydrogens (primary N) is 2. The molecule has 0 saturated heterocycles. The first-order chi connectivity index (χ1) is 11.0. The number of aliphatic hydroxyl groups is 1. The molecule has 0 heterocycles. The normalized spacial score (nSPS) is 12.2. The Kier molecular flexibility index (Phi) is 6.47. The van der Waals surface area contributed by atoms with Crippen LogP contribution in [0.4, 0.5) is 10.1 Å². The number of ether oxygens (including phenoxy) is 1. The van der Waals surface area contributed by atoms with Crippen LogP contribution >= 0.6 is 23.2 Å². The van der Waals surface area contributed by atoms with Gasteiger partial charge in [0.15, 0.2) is 0 Å². The quantitative estimate of drug-likeness (QED) is 0.663. The molecule has 4 nitrogen and oxygen atoms in total. The topological polar surface area (TPSA) is 72.1 Å². The summed E-state index contributed by atoms with van der Waals surface area (Å²) in [6, 6.07) is 9.46. The number of anilines is 1. The molecule has 0 aliphatic carbocycles. The molecule has 0 aromatic heterocycles. The molecule has 5 N–H and O–H groups in total. The Balaban J connectivity index is 1.77. The molecule has 0 fully saturated rings. The summed E-state index contributed by atoms with van der Waals surface area (Å²) in [6.07, 6.45) is -0.711. The van der Waals surface area contributed by atoms with Gasteiger partial charge in [0.1, 0.15) is 37.4 Å². The molecule has 124 valence electrons. The van der Waals surface area contributed by atoms with Crippen molar-refractivity contribution in [3.63, 3.8) is 0 Å². The molecule has 2 rings (SSSR count). The highest BCUT2D eigenvalue weighted by Gasteiger charge is 2.11. The van der Waals surface area contributed by atoms with E-state index >= 15 is 0 Å². The average molecular weight is 360 g/mol. The number of hydrogen-bond acceptors (Lipinski definition) is 3. The molecule has 0 bridgehead atoms. The maximum Gasteiger partial charge on any atom is 0.137 e. The zero-order valence-electron chi connectivity index (χ0n) is 12.3. The predicted molar refractivity (Wildman–Crippen MR) is 89.3 cm³/mol. The van der Waals surface area contributed by atoms with Crippen molar-refractivity contribution >= 4 is 28.9 Å². The summed E-state index contributed by atoms with van der Waals surface area (Å²) in [4.78, 5) is 0. The van der Waals surface area contributed by atoms with Crippen molar-refractivity contribution < 1.29 is 19.6 Å². The van der Waals surface area contributed by atoms with E-state index in [1.807, 2.05) is 0 Å². The number of hydrogen-bond donors (Lipinski definition) is 3. The summed E-state index contributed by atoms with van der Waals surface area (Å²) in [5, 5.41) is 12.5. The lowest BCUT2D eigenvalue weighted by molar-refractivity contribution is -0.676. The smallest absolute Gasteiger partial charge is 0.137 e. The second kappa shape index (κ2) is 8.36. The number of nitrogen functional groups attached to an aromatic ring is 1. The van der Waals surface area contributed by atoms with Gasteiger partial charge in [-0.25, -0.2) is 4.39 Å². The first kappa shape index (κ1) is 17.8. The minimum absolute atomic E-state index is 0.0984. The molecular formula is C16H18Cl2FN2O2+. The van der Waals surface area contributed by atoms with Gasteiger partial charge in [-0.15, -0.1) is 0 Å². The minimum atomic E-state index is -0.711. The lowest BCUT2D eigenvalue weighted by Crippen LogP contribution is -2.85. The molecule has 0 spiro atoms. The largest absolute Gasteiger partial charge is 0.491 e. The van der Waals surface area contributed by atoms with Gasteiger partial charge in [-0.05, 0) is 24.3 Å². The van der Waals surface area contributed by atoms with Gasteiger partial charge in [0.05, 0.1) is 15.6 Å². The Hall–Kier alpha value is -1.53. The monoisotopic (exact) mass is 359 g/mol. The lowest BCUT2D eigenvalue weighted by atomic mass is 10.1. The van der Waals surface area contributed by atoms with Crippen LogP contribution in [0.25, 0.3) is 0 Å². The third-order valence-electron chi connectivity index (χ3n) is 3.28. The molecule has 2 aromatic rings. The predicted octanol–water partition coefficient (Wildman–Crippen LogP) is 2.22. The average Bonchev–Trinajstić information content (AvgIpc) is 2.51. The molecule has 2 aromatic carbocycles. The van der Waals surface area contributed by atoms with Crippen molar-refractivity contribution in [2.75, 3.05) is 18.9 Å². The van der Waals surface area contributed by atoms with E-state index in [0.29, 0.717) is 40.1 Å². The van der Waals surface area contributed by atoms with Crippen molar-refractivity contribution in [3.8, 4) is 5.75 Å². The van der Waals surface area contributed by atoms with Crippen LogP contribution in [0.2, 0.25) is 10.0 Å². The van der Waals surface area contributed by atoms with Gasteiger partial charge >= 0.3 is 0 Å². The number of quaternary nitrogens is 1. The van der Waals surface area contributed by atoms with Gasteiger partial charge in [0.25, 0.3) is 0 Å². The fourth-order valence-corrected chi connectivity index (χ4v) is 2.33. The minimum Gasteiger partial charge on any atom is -0.491 e. The summed E-state index contributed by atoms with van der Waals surface area (Å²) < 4.78 is 19.0. The molecule has 0 aliphatic rings. The molecule has 0 amide bonds. The van der Waals surface area contributed by atoms with E-state index in [9.17, 15) is 9.50 Å². The number of benzene rings is 2. The Morgan fingerprint density at radius 3 is 2.70 bits per heavy atom. The van der Waals surface area contributed by atoms with Crippen molar-refractivity contribution in [1.29, 1.82) is 0 Å². The van der Waals surface area contributed by atoms with Crippen LogP contribution in [0, 0.1) is 5.82 Å². The molecule has 0 unspecified atom stereocenters. The zero-order chi connectivity index (χ0) is 16.8. The summed E-state index contributed by atoms with van der Waals surface area (Å²) in [7, 11) is 0. The molecule has 1 atom stereocenters. The van der Waals surface area contributed by atoms with Crippen molar-refractivity contribution in [3.05, 3.63) is 57.8 Å². The Morgan fingerprint density at radius 2 is 2.00 bits per heavy atom. The van der Waals surface area contributed by atoms with Crippen molar-refractivity contribution in [2.24, 2.45) is 0 Å². The Bertz CT molecular complexity index is 650. The van der Waals surface area contributed by atoms with Gasteiger partial charge in [-0.2, -0.15) is 0 Å². The second-order valence-corrected chi connectivity index (χ2v) is 5.89. The van der Waals surface area contributed by atoms with E-state index in [1.54, 1.807) is 35.6 Å². The van der Waals surface area contributed by atoms with E-state index in [1.165, 1.54) is 6.07 Å². The maximum atomic E-state index is 13.6. The fourth-order valence-electron chi connectivity index (χ4n) is 2.04. The van der Waals surface area contributed by atoms with Crippen LogP contribution in [0.1, 0.15) is 5.56 Å². The van der Waals surface area contributed by atoms with Gasteiger partial charge in [-0.3, -0.25) is 0 Å². The lowest BCUT2D eigenvalue weighted by Gasteiger charge is -2.12. The maximum absolute atomic E-state index is 13.6. The molecular weight excluding hydrogens is 342 g/mol. The first-order valence-electron chi connectivity index (χ1n) is 7.08. The number of aliphatic hydroxyl groups excluding tert-OH is 1. The Labute approximate surface area is 144 Å². The SMILES string of the molecule is Nc1cccc(F)c1C[NH2+]C[C@H](O)COc1ccc(Cl)c(Cl)c1. The van der Waals surface area contributed by atoms with Crippen LogP contribution < -0.4 is 15.8 Å². The van der Waals surface area contributed by atoms with Gasteiger partial charge in [-0.1, -0.05) is 29.3 Å². The number of rotatable bonds is 7. The number of halogens is 3. The summed E-state index contributed by atoms with van der Waals surface area (Å²) in [5.41, 5.74) is 6.57. The summed E-state index contributed by atoms with van der Waals surface area (Å²) >= 11 is 11.7. The van der Waals surface area contributed by atoms with Crippen LogP contribution in [-0.4, -0.2) is 24.4 Å². The van der Waals surface area contributed by atoms with E-state index in [-0.39, 0.29) is 12.4 Å². The van der Waals surface area contributed by atoms with E-state index in [2.05, 4.69) is 0 Å². The highest BCUT2D eigenvalue weighted by molar-refractivity contribution is 6.42. The molecule has 0 aliphatic heterocycles. The second-order valence-electron chi connectivity index (χ2n) is 5.08. The van der Waals surface area contributed by atoms with Gasteiger partial charge in [0.2, 0.25) is 0 Å². The molecule has 0 saturated carbocycles. The highest BCUT2D eigenvalue weighted by atomic mass is 35.5. The van der Waals surface area contributed by atoms with Crippen molar-refractivity contribution in [2.45, 2.75) is 12.6 Å². The summed E-state index contributed by atoms with van der Waals surface area (Å²) in [5.74, 6) is 0.180. The van der Waals surface area contributed by atoms with E-state index in [4.69, 9.17) is 33.7 Å². The fraction of sp³-hybridized carbons (Fsp3) is 0.250. The standard InChI is InChI=1S/C16H17Cl2FN2O2/c17-13-5-4-11(6-14(13)18)23-9-10(22)7-21-8-12-15(19)2-1-3-16(12)20/h1-6,10,21-22H,7-9,20H2/p+1/t10-/m0/s1. The van der Waals surface area contributed by atoms with Crippen LogP contribution in [0.5, 0.6) is 5.75 Å². The van der Waals surface area contributed by atoms with E-state index in [0.717, 1.165) is 0 Å². The van der Waals surface area contributed by atoms with Crippen LogP contribution in [0.3, 0.4) is 0 Å². The van der Waals surface area contributed by atoms with Crippen molar-refractivity contribution in [1.82, 2.24) is 0 Å². The third kappa shape index (κ3) is 5.25.